The lowest BCUT2D eigenvalue weighted by molar-refractivity contribution is -0.113. The van der Waals surface area contributed by atoms with Gasteiger partial charge in [-0.3, -0.25) is 4.79 Å². The van der Waals surface area contributed by atoms with Gasteiger partial charge in [-0.25, -0.2) is 4.79 Å². The van der Waals surface area contributed by atoms with Crippen molar-refractivity contribution in [1.82, 2.24) is 14.8 Å². The second-order valence-electron chi connectivity index (χ2n) is 7.27. The molecule has 0 radical (unpaired) electrons. The minimum Gasteiger partial charge on any atom is -0.462 e. The maximum Gasteiger partial charge on any atom is 0.341 e. The van der Waals surface area contributed by atoms with Gasteiger partial charge in [0.1, 0.15) is 10.6 Å². The number of amides is 1. The topological polar surface area (TPSA) is 86.1 Å². The average Bonchev–Trinajstić information content (AvgIpc) is 3.42. The quantitative estimate of drug-likeness (QED) is 0.202. The maximum atomic E-state index is 12.8. The van der Waals surface area contributed by atoms with Gasteiger partial charge in [0.15, 0.2) is 11.0 Å². The lowest BCUT2D eigenvalue weighted by atomic mass is 10.0. The van der Waals surface area contributed by atoms with Crippen molar-refractivity contribution in [2.75, 3.05) is 17.7 Å². The number of aromatic nitrogens is 3. The van der Waals surface area contributed by atoms with Crippen LogP contribution in [0.1, 0.15) is 17.3 Å². The van der Waals surface area contributed by atoms with E-state index in [2.05, 4.69) is 15.5 Å². The Kier molecular flexibility index (Phi) is 8.12. The van der Waals surface area contributed by atoms with E-state index in [-0.39, 0.29) is 18.3 Å². The molecule has 35 heavy (non-hydrogen) atoms. The fourth-order valence-corrected chi connectivity index (χ4v) is 5.50. The summed E-state index contributed by atoms with van der Waals surface area (Å²) < 4.78 is 7.01. The number of hydrogen-bond acceptors (Lipinski definition) is 7. The molecule has 11 heteroatoms. The molecule has 2 heterocycles. The minimum absolute atomic E-state index is 0.0706. The van der Waals surface area contributed by atoms with Crippen LogP contribution < -0.4 is 5.32 Å². The van der Waals surface area contributed by atoms with Crippen molar-refractivity contribution in [3.8, 4) is 22.5 Å². The Labute approximate surface area is 220 Å². The number of hydrogen-bond donors (Lipinski definition) is 1. The number of carbonyl (C=O) groups excluding carboxylic acids is 2. The molecule has 4 aromatic rings. The Morgan fingerprint density at radius 1 is 1.11 bits per heavy atom. The molecule has 0 saturated carbocycles. The van der Waals surface area contributed by atoms with E-state index in [9.17, 15) is 9.59 Å². The summed E-state index contributed by atoms with van der Waals surface area (Å²) >= 11 is 14.8. The van der Waals surface area contributed by atoms with Gasteiger partial charge in [-0.05, 0) is 30.7 Å². The molecule has 0 saturated heterocycles. The smallest absolute Gasteiger partial charge is 0.341 e. The van der Waals surface area contributed by atoms with Gasteiger partial charge in [-0.1, -0.05) is 65.3 Å². The largest absolute Gasteiger partial charge is 0.462 e. The van der Waals surface area contributed by atoms with Crippen molar-refractivity contribution in [2.45, 2.75) is 12.1 Å². The summed E-state index contributed by atoms with van der Waals surface area (Å²) in [5.41, 5.74) is 2.62. The fourth-order valence-electron chi connectivity index (χ4n) is 3.32. The van der Waals surface area contributed by atoms with Crippen molar-refractivity contribution in [3.05, 3.63) is 69.5 Å². The highest BCUT2D eigenvalue weighted by atomic mass is 35.5. The monoisotopic (exact) mass is 546 g/mol. The Morgan fingerprint density at radius 2 is 1.89 bits per heavy atom. The van der Waals surface area contributed by atoms with Gasteiger partial charge in [0.2, 0.25) is 5.91 Å². The molecular weight excluding hydrogens is 527 g/mol. The van der Waals surface area contributed by atoms with Crippen LogP contribution in [0.3, 0.4) is 0 Å². The van der Waals surface area contributed by atoms with Crippen molar-refractivity contribution >= 4 is 63.2 Å². The molecule has 0 unspecified atom stereocenters. The van der Waals surface area contributed by atoms with E-state index in [0.717, 1.165) is 11.1 Å². The molecule has 7 nitrogen and oxygen atoms in total. The maximum absolute atomic E-state index is 12.8. The lowest BCUT2D eigenvalue weighted by Gasteiger charge is -2.09. The first-order chi connectivity index (χ1) is 16.9. The number of esters is 1. The predicted octanol–water partition coefficient (Wildman–Crippen LogP) is 6.42. The highest BCUT2D eigenvalue weighted by molar-refractivity contribution is 7.99. The van der Waals surface area contributed by atoms with E-state index in [1.54, 1.807) is 36.7 Å². The van der Waals surface area contributed by atoms with Crippen molar-refractivity contribution in [3.63, 3.8) is 0 Å². The number of thiophene rings is 1. The fraction of sp³-hybridized carbons (Fsp3) is 0.167. The normalized spacial score (nSPS) is 10.9. The first kappa shape index (κ1) is 25.2. The van der Waals surface area contributed by atoms with Crippen LogP contribution >= 0.6 is 46.3 Å². The van der Waals surface area contributed by atoms with E-state index in [0.29, 0.717) is 37.2 Å². The Hall–Kier alpha value is -2.85. The van der Waals surface area contributed by atoms with Gasteiger partial charge < -0.3 is 14.6 Å². The molecule has 2 aromatic heterocycles. The number of rotatable bonds is 8. The second-order valence-corrected chi connectivity index (χ2v) is 9.93. The van der Waals surface area contributed by atoms with Gasteiger partial charge >= 0.3 is 5.97 Å². The molecule has 4 rings (SSSR count). The minimum atomic E-state index is -0.478. The van der Waals surface area contributed by atoms with Crippen LogP contribution in [0.2, 0.25) is 10.0 Å². The molecule has 0 atom stereocenters. The number of benzene rings is 2. The number of ether oxygens (including phenoxy) is 1. The average molecular weight is 547 g/mol. The number of anilines is 1. The summed E-state index contributed by atoms with van der Waals surface area (Å²) in [6.07, 6.45) is 0. The number of nitrogens with one attached hydrogen (secondary N) is 1. The van der Waals surface area contributed by atoms with Gasteiger partial charge in [-0.2, -0.15) is 0 Å². The predicted molar refractivity (Wildman–Crippen MR) is 142 cm³/mol. The zero-order chi connectivity index (χ0) is 24.9. The zero-order valence-corrected chi connectivity index (χ0v) is 21.9. The van der Waals surface area contributed by atoms with E-state index in [1.165, 1.54) is 23.1 Å². The van der Waals surface area contributed by atoms with E-state index in [1.807, 2.05) is 35.7 Å². The van der Waals surface area contributed by atoms with Gasteiger partial charge in [0, 0.05) is 28.6 Å². The number of thioether (sulfide) groups is 1. The number of halogens is 2. The summed E-state index contributed by atoms with van der Waals surface area (Å²) in [5, 5.41) is 15.1. The molecular formula is C24H20Cl2N4O3S2. The zero-order valence-electron chi connectivity index (χ0n) is 18.7. The van der Waals surface area contributed by atoms with E-state index in [4.69, 9.17) is 27.9 Å². The van der Waals surface area contributed by atoms with Gasteiger partial charge in [0.05, 0.1) is 17.4 Å². The second kappa shape index (κ2) is 11.3. The molecule has 180 valence electrons. The van der Waals surface area contributed by atoms with Crippen LogP contribution in [-0.2, 0) is 16.6 Å². The molecule has 0 aliphatic rings. The van der Waals surface area contributed by atoms with E-state index < -0.39 is 5.97 Å². The molecule has 0 aliphatic carbocycles. The third-order valence-corrected chi connectivity index (χ3v) is 7.41. The highest BCUT2D eigenvalue weighted by Gasteiger charge is 2.23. The molecule has 0 spiro atoms. The summed E-state index contributed by atoms with van der Waals surface area (Å²) in [6.45, 7) is 1.98. The Balaban J connectivity index is 1.49. The molecule has 1 amide bonds. The van der Waals surface area contributed by atoms with Crippen LogP contribution in [-0.4, -0.2) is 39.0 Å². The standard InChI is InChI=1S/C24H20Cl2N4O3S2/c1-3-33-23(32)20-17(14-7-5-4-6-8-14)12-34-22(20)27-19(31)13-35-24-29-28-21(30(24)2)16-10-9-15(25)11-18(16)26/h4-12H,3,13H2,1-2H3,(H,27,31). The first-order valence-electron chi connectivity index (χ1n) is 10.5. The van der Waals surface area contributed by atoms with Crippen LogP contribution in [0.15, 0.2) is 59.1 Å². The molecule has 0 fully saturated rings. The van der Waals surface area contributed by atoms with Crippen molar-refractivity contribution in [1.29, 1.82) is 0 Å². The van der Waals surface area contributed by atoms with Crippen LogP contribution in [0.4, 0.5) is 5.00 Å². The summed E-state index contributed by atoms with van der Waals surface area (Å²) in [7, 11) is 1.80. The van der Waals surface area contributed by atoms with Crippen molar-refractivity contribution in [2.24, 2.45) is 7.05 Å². The molecule has 2 aromatic carbocycles. The summed E-state index contributed by atoms with van der Waals surface area (Å²) in [6, 6.07) is 14.6. The summed E-state index contributed by atoms with van der Waals surface area (Å²) in [4.78, 5) is 25.5. The first-order valence-corrected chi connectivity index (χ1v) is 13.1. The highest BCUT2D eigenvalue weighted by Crippen LogP contribution is 2.36. The molecule has 0 aliphatic heterocycles. The van der Waals surface area contributed by atoms with E-state index >= 15 is 0 Å². The lowest BCUT2D eigenvalue weighted by Crippen LogP contribution is -2.16. The van der Waals surface area contributed by atoms with Crippen LogP contribution in [0.25, 0.3) is 22.5 Å². The van der Waals surface area contributed by atoms with Crippen molar-refractivity contribution < 1.29 is 14.3 Å². The van der Waals surface area contributed by atoms with Gasteiger partial charge in [0.25, 0.3) is 0 Å². The summed E-state index contributed by atoms with van der Waals surface area (Å²) in [5.74, 6) is -0.129. The Bertz CT molecular complexity index is 1370. The number of carbonyl (C=O) groups is 2. The third-order valence-electron chi connectivity index (χ3n) is 4.95. The SMILES string of the molecule is CCOC(=O)c1c(-c2ccccc2)csc1NC(=O)CSc1nnc(-c2ccc(Cl)cc2Cl)n1C. The molecule has 0 bridgehead atoms. The molecule has 1 N–H and O–H groups in total. The van der Waals surface area contributed by atoms with Crippen LogP contribution in [0.5, 0.6) is 0 Å². The van der Waals surface area contributed by atoms with Gasteiger partial charge in [-0.15, -0.1) is 21.5 Å². The Morgan fingerprint density at radius 3 is 2.60 bits per heavy atom. The third kappa shape index (κ3) is 5.70. The number of nitrogens with zero attached hydrogens (tertiary/aromatic N) is 3. The van der Waals surface area contributed by atoms with Crippen LogP contribution in [0, 0.1) is 0 Å².